The second-order valence-electron chi connectivity index (χ2n) is 3.28. The highest BCUT2D eigenvalue weighted by molar-refractivity contribution is 5.36. The van der Waals surface area contributed by atoms with Crippen molar-refractivity contribution in [2.75, 3.05) is 6.61 Å². The minimum Gasteiger partial charge on any atom is -0.478 e. The normalized spacial score (nSPS) is 9.93. The van der Waals surface area contributed by atoms with Gasteiger partial charge in [0, 0.05) is 6.07 Å². The van der Waals surface area contributed by atoms with Gasteiger partial charge < -0.3 is 4.74 Å². The summed E-state index contributed by atoms with van der Waals surface area (Å²) in [5, 5.41) is 8.36. The Morgan fingerprint density at radius 1 is 1.50 bits per heavy atom. The van der Waals surface area contributed by atoms with Crippen LogP contribution in [0.1, 0.15) is 25.3 Å². The molecule has 14 heavy (non-hydrogen) atoms. The van der Waals surface area contributed by atoms with E-state index in [9.17, 15) is 4.39 Å². The summed E-state index contributed by atoms with van der Waals surface area (Å²) < 4.78 is 18.0. The fraction of sp³-hybridized carbons (Fsp3) is 0.364. The molecule has 2 nitrogen and oxygen atoms in total. The van der Waals surface area contributed by atoms with Crippen LogP contribution in [0.5, 0.6) is 5.75 Å². The zero-order valence-corrected chi connectivity index (χ0v) is 8.25. The van der Waals surface area contributed by atoms with Crippen LogP contribution >= 0.6 is 0 Å². The Hall–Kier alpha value is -1.56. The zero-order chi connectivity index (χ0) is 10.6. The zero-order valence-electron chi connectivity index (χ0n) is 8.25. The highest BCUT2D eigenvalue weighted by Crippen LogP contribution is 2.26. The van der Waals surface area contributed by atoms with Crippen LogP contribution in [-0.2, 0) is 0 Å². The monoisotopic (exact) mass is 193 g/mol. The Morgan fingerprint density at radius 2 is 2.21 bits per heavy atom. The van der Waals surface area contributed by atoms with Crippen LogP contribution in [0.15, 0.2) is 18.2 Å². The third kappa shape index (κ3) is 2.46. The molecule has 0 fully saturated rings. The van der Waals surface area contributed by atoms with Gasteiger partial charge in [-0.15, -0.1) is 0 Å². The maximum atomic E-state index is 12.9. The van der Waals surface area contributed by atoms with Crippen molar-refractivity contribution >= 4 is 0 Å². The molecule has 0 heterocycles. The average molecular weight is 193 g/mol. The second-order valence-corrected chi connectivity index (χ2v) is 3.28. The quantitative estimate of drug-likeness (QED) is 0.739. The number of rotatable bonds is 3. The SMILES string of the molecule is CC(C)c1ccc(F)cc1OCC#N. The molecule has 0 radical (unpaired) electrons. The van der Waals surface area contributed by atoms with E-state index in [0.29, 0.717) is 5.75 Å². The fourth-order valence-electron chi connectivity index (χ4n) is 1.22. The highest BCUT2D eigenvalue weighted by atomic mass is 19.1. The van der Waals surface area contributed by atoms with Gasteiger partial charge in [0.2, 0.25) is 0 Å². The van der Waals surface area contributed by atoms with Gasteiger partial charge in [-0.25, -0.2) is 4.39 Å². The van der Waals surface area contributed by atoms with Crippen molar-refractivity contribution in [1.29, 1.82) is 5.26 Å². The summed E-state index contributed by atoms with van der Waals surface area (Å²) in [5.74, 6) is 0.369. The van der Waals surface area contributed by atoms with Crippen molar-refractivity contribution in [1.82, 2.24) is 0 Å². The summed E-state index contributed by atoms with van der Waals surface area (Å²) >= 11 is 0. The lowest BCUT2D eigenvalue weighted by Crippen LogP contribution is -1.99. The number of benzene rings is 1. The number of halogens is 1. The molecule has 0 N–H and O–H groups in total. The van der Waals surface area contributed by atoms with E-state index in [1.165, 1.54) is 12.1 Å². The van der Waals surface area contributed by atoms with Crippen molar-refractivity contribution in [3.63, 3.8) is 0 Å². The number of nitrogens with zero attached hydrogens (tertiary/aromatic N) is 1. The molecule has 1 rings (SSSR count). The average Bonchev–Trinajstić information content (AvgIpc) is 2.14. The first kappa shape index (κ1) is 10.5. The van der Waals surface area contributed by atoms with Gasteiger partial charge in [0.15, 0.2) is 6.61 Å². The summed E-state index contributed by atoms with van der Waals surface area (Å²) in [5.41, 5.74) is 0.918. The summed E-state index contributed by atoms with van der Waals surface area (Å²) in [6.45, 7) is 3.93. The maximum absolute atomic E-state index is 12.9. The van der Waals surface area contributed by atoms with Crippen molar-refractivity contribution in [2.24, 2.45) is 0 Å². The van der Waals surface area contributed by atoms with Gasteiger partial charge in [-0.05, 0) is 17.5 Å². The van der Waals surface area contributed by atoms with E-state index in [4.69, 9.17) is 10.00 Å². The lowest BCUT2D eigenvalue weighted by atomic mass is 10.0. The molecule has 0 bridgehead atoms. The van der Waals surface area contributed by atoms with Crippen molar-refractivity contribution in [2.45, 2.75) is 19.8 Å². The van der Waals surface area contributed by atoms with E-state index >= 15 is 0 Å². The summed E-state index contributed by atoms with van der Waals surface area (Å²) in [6, 6.07) is 6.25. The molecule has 0 amide bonds. The molecule has 0 atom stereocenters. The summed E-state index contributed by atoms with van der Waals surface area (Å²) in [7, 11) is 0. The molecule has 3 heteroatoms. The Labute approximate surface area is 82.9 Å². The summed E-state index contributed by atoms with van der Waals surface area (Å²) in [4.78, 5) is 0. The molecular formula is C11H12FNO. The van der Waals surface area contributed by atoms with Crippen LogP contribution in [0.4, 0.5) is 4.39 Å². The molecule has 1 aromatic rings. The number of nitriles is 1. The Morgan fingerprint density at radius 3 is 2.79 bits per heavy atom. The third-order valence-electron chi connectivity index (χ3n) is 1.89. The first-order valence-electron chi connectivity index (χ1n) is 4.44. The lowest BCUT2D eigenvalue weighted by Gasteiger charge is -2.11. The molecule has 0 saturated heterocycles. The Bertz CT molecular complexity index is 355. The first-order valence-corrected chi connectivity index (χ1v) is 4.44. The predicted octanol–water partition coefficient (Wildman–Crippen LogP) is 2.85. The maximum Gasteiger partial charge on any atom is 0.174 e. The van der Waals surface area contributed by atoms with E-state index in [1.807, 2.05) is 19.9 Å². The van der Waals surface area contributed by atoms with E-state index in [2.05, 4.69) is 0 Å². The summed E-state index contributed by atoms with van der Waals surface area (Å²) in [6.07, 6.45) is 0. The Balaban J connectivity index is 2.98. The fourth-order valence-corrected chi connectivity index (χ4v) is 1.22. The van der Waals surface area contributed by atoms with Crippen molar-refractivity contribution in [3.8, 4) is 11.8 Å². The van der Waals surface area contributed by atoms with E-state index in [1.54, 1.807) is 6.07 Å². The molecule has 0 aliphatic rings. The first-order chi connectivity index (χ1) is 6.65. The van der Waals surface area contributed by atoms with Gasteiger partial charge in [0.1, 0.15) is 17.6 Å². The van der Waals surface area contributed by atoms with E-state index in [0.717, 1.165) is 5.56 Å². The van der Waals surface area contributed by atoms with Crippen LogP contribution in [-0.4, -0.2) is 6.61 Å². The van der Waals surface area contributed by atoms with Gasteiger partial charge in [-0.1, -0.05) is 19.9 Å². The number of ether oxygens (including phenoxy) is 1. The standard InChI is InChI=1S/C11H12FNO/c1-8(2)10-4-3-9(12)7-11(10)14-6-5-13/h3-4,7-8H,6H2,1-2H3. The third-order valence-corrected chi connectivity index (χ3v) is 1.89. The van der Waals surface area contributed by atoms with Gasteiger partial charge >= 0.3 is 0 Å². The largest absolute Gasteiger partial charge is 0.478 e. The highest BCUT2D eigenvalue weighted by Gasteiger charge is 2.08. The topological polar surface area (TPSA) is 33.0 Å². The van der Waals surface area contributed by atoms with Gasteiger partial charge in [0.05, 0.1) is 0 Å². The molecule has 0 aliphatic heterocycles. The molecule has 0 aromatic heterocycles. The van der Waals surface area contributed by atoms with Crippen LogP contribution in [0.25, 0.3) is 0 Å². The van der Waals surface area contributed by atoms with Crippen molar-refractivity contribution < 1.29 is 9.13 Å². The van der Waals surface area contributed by atoms with Crippen LogP contribution < -0.4 is 4.74 Å². The smallest absolute Gasteiger partial charge is 0.174 e. The van der Waals surface area contributed by atoms with Crippen LogP contribution in [0.2, 0.25) is 0 Å². The van der Waals surface area contributed by atoms with Gasteiger partial charge in [-0.2, -0.15) is 5.26 Å². The van der Waals surface area contributed by atoms with Crippen LogP contribution in [0, 0.1) is 17.1 Å². The molecule has 1 aromatic carbocycles. The lowest BCUT2D eigenvalue weighted by molar-refractivity contribution is 0.360. The Kier molecular flexibility index (Phi) is 3.47. The molecule has 0 spiro atoms. The minimum absolute atomic E-state index is 0.0524. The molecule has 0 saturated carbocycles. The van der Waals surface area contributed by atoms with Crippen LogP contribution in [0.3, 0.4) is 0 Å². The van der Waals surface area contributed by atoms with Gasteiger partial charge in [0.25, 0.3) is 0 Å². The molecule has 0 aliphatic carbocycles. The second kappa shape index (κ2) is 4.61. The number of hydrogen-bond donors (Lipinski definition) is 0. The van der Waals surface area contributed by atoms with E-state index in [-0.39, 0.29) is 18.3 Å². The predicted molar refractivity (Wildman–Crippen MR) is 51.6 cm³/mol. The minimum atomic E-state index is -0.345. The molecule has 0 unspecified atom stereocenters. The molecule has 74 valence electrons. The van der Waals surface area contributed by atoms with Crippen molar-refractivity contribution in [3.05, 3.63) is 29.6 Å². The molecular weight excluding hydrogens is 181 g/mol. The van der Waals surface area contributed by atoms with Gasteiger partial charge in [-0.3, -0.25) is 0 Å². The van der Waals surface area contributed by atoms with E-state index < -0.39 is 0 Å². The number of hydrogen-bond acceptors (Lipinski definition) is 2.